The number of hydrogen-bond acceptors (Lipinski definition) is 5. The molecule has 5 heteroatoms. The molecule has 0 N–H and O–H groups in total. The van der Waals surface area contributed by atoms with Crippen LogP contribution in [0.3, 0.4) is 0 Å². The molecule has 0 aromatic rings. The normalized spacial score (nSPS) is 12.0. The predicted molar refractivity (Wildman–Crippen MR) is 280 cm³/mol. The van der Waals surface area contributed by atoms with Gasteiger partial charge in [-0.1, -0.05) is 310 Å². The lowest BCUT2D eigenvalue weighted by molar-refractivity contribution is -0.163. The molecule has 0 bridgehead atoms. The molecular formula is C59H116O5. The van der Waals surface area contributed by atoms with E-state index in [2.05, 4.69) is 20.8 Å². The number of carbonyl (C=O) groups excluding carboxylic acids is 2. The Labute approximate surface area is 402 Å². The van der Waals surface area contributed by atoms with E-state index >= 15 is 0 Å². The lowest BCUT2D eigenvalue weighted by Crippen LogP contribution is -2.30. The molecule has 0 aromatic carbocycles. The van der Waals surface area contributed by atoms with Crippen molar-refractivity contribution in [2.24, 2.45) is 0 Å². The molecule has 64 heavy (non-hydrogen) atoms. The maximum atomic E-state index is 12.8. The zero-order valence-corrected chi connectivity index (χ0v) is 44.1. The Morgan fingerprint density at radius 1 is 0.281 bits per heavy atom. The van der Waals surface area contributed by atoms with Gasteiger partial charge in [-0.3, -0.25) is 9.59 Å². The van der Waals surface area contributed by atoms with Gasteiger partial charge >= 0.3 is 11.9 Å². The van der Waals surface area contributed by atoms with Crippen LogP contribution in [0.5, 0.6) is 0 Å². The van der Waals surface area contributed by atoms with E-state index in [1.165, 1.54) is 276 Å². The zero-order chi connectivity index (χ0) is 46.3. The summed E-state index contributed by atoms with van der Waals surface area (Å²) >= 11 is 0. The van der Waals surface area contributed by atoms with Crippen molar-refractivity contribution in [2.75, 3.05) is 19.8 Å². The van der Waals surface area contributed by atoms with Crippen LogP contribution in [0.25, 0.3) is 0 Å². The Bertz CT molecular complexity index is 891. The van der Waals surface area contributed by atoms with E-state index in [9.17, 15) is 9.59 Å². The lowest BCUT2D eigenvalue weighted by Gasteiger charge is -2.18. The average Bonchev–Trinajstić information content (AvgIpc) is 3.30. The Morgan fingerprint density at radius 3 is 0.797 bits per heavy atom. The van der Waals surface area contributed by atoms with Crippen LogP contribution in [-0.2, 0) is 23.8 Å². The highest BCUT2D eigenvalue weighted by atomic mass is 16.6. The molecule has 0 fully saturated rings. The van der Waals surface area contributed by atoms with Gasteiger partial charge in [0.05, 0.1) is 6.61 Å². The van der Waals surface area contributed by atoms with Gasteiger partial charge in [0.2, 0.25) is 0 Å². The van der Waals surface area contributed by atoms with E-state index in [1.807, 2.05) is 0 Å². The molecule has 0 aliphatic heterocycles. The van der Waals surface area contributed by atoms with Gasteiger partial charge in [0, 0.05) is 19.4 Å². The topological polar surface area (TPSA) is 61.8 Å². The maximum Gasteiger partial charge on any atom is 0.306 e. The second-order valence-electron chi connectivity index (χ2n) is 20.3. The van der Waals surface area contributed by atoms with Gasteiger partial charge in [0.1, 0.15) is 6.61 Å². The van der Waals surface area contributed by atoms with Crippen molar-refractivity contribution in [3.8, 4) is 0 Å². The number of ether oxygens (including phenoxy) is 3. The van der Waals surface area contributed by atoms with E-state index in [4.69, 9.17) is 14.2 Å². The number of rotatable bonds is 56. The summed E-state index contributed by atoms with van der Waals surface area (Å²) in [5.41, 5.74) is 0. The molecule has 1 unspecified atom stereocenters. The first-order valence-corrected chi connectivity index (χ1v) is 29.6. The average molecular weight is 906 g/mol. The third kappa shape index (κ3) is 53.5. The Balaban J connectivity index is 4.11. The third-order valence-corrected chi connectivity index (χ3v) is 13.6. The van der Waals surface area contributed by atoms with Crippen LogP contribution in [0.1, 0.15) is 342 Å². The quantitative estimate of drug-likeness (QED) is 0.0449. The molecule has 0 saturated heterocycles. The van der Waals surface area contributed by atoms with Gasteiger partial charge in [-0.25, -0.2) is 0 Å². The van der Waals surface area contributed by atoms with Crippen LogP contribution >= 0.6 is 0 Å². The Morgan fingerprint density at radius 2 is 0.516 bits per heavy atom. The summed E-state index contributed by atoms with van der Waals surface area (Å²) in [6.45, 7) is 7.92. The lowest BCUT2D eigenvalue weighted by atomic mass is 10.0. The molecule has 382 valence electrons. The molecule has 0 heterocycles. The largest absolute Gasteiger partial charge is 0.462 e. The van der Waals surface area contributed by atoms with Gasteiger partial charge in [0.15, 0.2) is 6.10 Å². The van der Waals surface area contributed by atoms with E-state index < -0.39 is 6.10 Å². The number of carbonyl (C=O) groups is 2. The van der Waals surface area contributed by atoms with Crippen molar-refractivity contribution < 1.29 is 23.8 Å². The number of esters is 2. The Kier molecular flexibility index (Phi) is 55.3. The number of hydrogen-bond donors (Lipinski definition) is 0. The van der Waals surface area contributed by atoms with Crippen molar-refractivity contribution in [1.29, 1.82) is 0 Å². The smallest absolute Gasteiger partial charge is 0.306 e. The van der Waals surface area contributed by atoms with E-state index in [-0.39, 0.29) is 18.5 Å². The summed E-state index contributed by atoms with van der Waals surface area (Å²) in [7, 11) is 0. The van der Waals surface area contributed by atoms with Gasteiger partial charge < -0.3 is 14.2 Å². The second kappa shape index (κ2) is 56.2. The minimum Gasteiger partial charge on any atom is -0.462 e. The van der Waals surface area contributed by atoms with E-state index in [0.717, 1.165) is 32.1 Å². The molecule has 0 aliphatic rings. The number of unbranched alkanes of at least 4 members (excludes halogenated alkanes) is 45. The standard InChI is InChI=1S/C59H116O5/c1-4-7-10-13-16-19-22-24-26-28-30-31-33-35-38-40-43-46-49-52-58(60)63-56-57(64-59(61)53-50-47-44-41-37-21-18-15-12-9-6-3)55-62-54-51-48-45-42-39-36-34-32-29-27-25-23-20-17-14-11-8-5-2/h57H,4-56H2,1-3H3. The van der Waals surface area contributed by atoms with Crippen LogP contribution < -0.4 is 0 Å². The van der Waals surface area contributed by atoms with Gasteiger partial charge in [0.25, 0.3) is 0 Å². The molecule has 0 saturated carbocycles. The fraction of sp³-hybridized carbons (Fsp3) is 0.966. The molecule has 5 nitrogen and oxygen atoms in total. The second-order valence-corrected chi connectivity index (χ2v) is 20.3. The SMILES string of the molecule is CCCCCCCCCCCCCCCCCCCCCC(=O)OCC(COCCCCCCCCCCCCCCCCCCCC)OC(=O)CCCCCCCCCCCCC. The highest BCUT2D eigenvalue weighted by molar-refractivity contribution is 5.70. The predicted octanol–water partition coefficient (Wildman–Crippen LogP) is 20.0. The van der Waals surface area contributed by atoms with Crippen molar-refractivity contribution >= 4 is 11.9 Å². The minimum atomic E-state index is -0.523. The van der Waals surface area contributed by atoms with Crippen molar-refractivity contribution in [2.45, 2.75) is 348 Å². The fourth-order valence-corrected chi connectivity index (χ4v) is 9.22. The molecule has 0 amide bonds. The summed E-state index contributed by atoms with van der Waals surface area (Å²) in [6.07, 6.45) is 64.2. The maximum absolute atomic E-state index is 12.8. The van der Waals surface area contributed by atoms with Crippen molar-refractivity contribution in [3.63, 3.8) is 0 Å². The van der Waals surface area contributed by atoms with Crippen LogP contribution in [-0.4, -0.2) is 37.9 Å². The minimum absolute atomic E-state index is 0.0983. The summed E-state index contributed by atoms with van der Waals surface area (Å²) in [5, 5.41) is 0. The van der Waals surface area contributed by atoms with Gasteiger partial charge in [-0.2, -0.15) is 0 Å². The summed E-state index contributed by atoms with van der Waals surface area (Å²) in [6, 6.07) is 0. The Hall–Kier alpha value is -1.10. The zero-order valence-electron chi connectivity index (χ0n) is 44.1. The van der Waals surface area contributed by atoms with Crippen molar-refractivity contribution in [3.05, 3.63) is 0 Å². The van der Waals surface area contributed by atoms with Crippen molar-refractivity contribution in [1.82, 2.24) is 0 Å². The highest BCUT2D eigenvalue weighted by Crippen LogP contribution is 2.18. The molecule has 0 aromatic heterocycles. The molecule has 0 radical (unpaired) electrons. The molecule has 0 spiro atoms. The monoisotopic (exact) mass is 905 g/mol. The third-order valence-electron chi connectivity index (χ3n) is 13.6. The molecule has 0 rings (SSSR count). The summed E-state index contributed by atoms with van der Waals surface area (Å²) in [5.74, 6) is -0.366. The summed E-state index contributed by atoms with van der Waals surface area (Å²) in [4.78, 5) is 25.5. The molecular weight excluding hydrogens is 789 g/mol. The van der Waals surface area contributed by atoms with Gasteiger partial charge in [-0.05, 0) is 19.3 Å². The van der Waals surface area contributed by atoms with E-state index in [1.54, 1.807) is 0 Å². The van der Waals surface area contributed by atoms with Crippen LogP contribution in [0.2, 0.25) is 0 Å². The van der Waals surface area contributed by atoms with Crippen LogP contribution in [0, 0.1) is 0 Å². The first-order valence-electron chi connectivity index (χ1n) is 29.6. The molecule has 0 aliphatic carbocycles. The molecule has 1 atom stereocenters. The van der Waals surface area contributed by atoms with Crippen LogP contribution in [0.4, 0.5) is 0 Å². The summed E-state index contributed by atoms with van der Waals surface area (Å²) < 4.78 is 17.5. The van der Waals surface area contributed by atoms with Crippen LogP contribution in [0.15, 0.2) is 0 Å². The first kappa shape index (κ1) is 62.9. The first-order chi connectivity index (χ1) is 31.6. The van der Waals surface area contributed by atoms with E-state index in [0.29, 0.717) is 26.1 Å². The highest BCUT2D eigenvalue weighted by Gasteiger charge is 2.18. The fourth-order valence-electron chi connectivity index (χ4n) is 9.22. The van der Waals surface area contributed by atoms with Gasteiger partial charge in [-0.15, -0.1) is 0 Å².